The van der Waals surface area contributed by atoms with E-state index in [2.05, 4.69) is 36.5 Å². The summed E-state index contributed by atoms with van der Waals surface area (Å²) >= 11 is 0. The Hall–Kier alpha value is -0.860. The number of aryl methyl sites for hydroxylation is 1. The van der Waals surface area contributed by atoms with E-state index in [1.165, 1.54) is 24.0 Å². The van der Waals surface area contributed by atoms with Gasteiger partial charge >= 0.3 is 0 Å². The van der Waals surface area contributed by atoms with Crippen LogP contribution in [0.25, 0.3) is 0 Å². The van der Waals surface area contributed by atoms with Gasteiger partial charge in [0.1, 0.15) is 0 Å². The van der Waals surface area contributed by atoms with Gasteiger partial charge in [0, 0.05) is 25.3 Å². The van der Waals surface area contributed by atoms with Crippen LogP contribution in [0.5, 0.6) is 0 Å². The maximum absolute atomic E-state index is 5.44. The topological polar surface area (TPSA) is 21.3 Å². The first-order valence-electron chi connectivity index (χ1n) is 7.23. The fraction of sp³-hybridized carbons (Fsp3) is 0.625. The third-order valence-electron chi connectivity index (χ3n) is 4.17. The monoisotopic (exact) mass is 245 g/mol. The second-order valence-corrected chi connectivity index (χ2v) is 5.78. The van der Waals surface area contributed by atoms with Crippen LogP contribution in [0.15, 0.2) is 24.3 Å². The largest absolute Gasteiger partial charge is 0.381 e. The quantitative estimate of drug-likeness (QED) is 0.879. The van der Waals surface area contributed by atoms with Crippen molar-refractivity contribution < 1.29 is 4.74 Å². The van der Waals surface area contributed by atoms with Crippen molar-refractivity contribution >= 4 is 0 Å². The molecule has 1 unspecified atom stereocenters. The Morgan fingerprint density at radius 1 is 1.06 bits per heavy atom. The van der Waals surface area contributed by atoms with Crippen LogP contribution in [0.2, 0.25) is 0 Å². The first-order valence-corrected chi connectivity index (χ1v) is 7.23. The highest BCUT2D eigenvalue weighted by molar-refractivity contribution is 5.25. The van der Waals surface area contributed by atoms with Crippen LogP contribution in [0.1, 0.15) is 42.9 Å². The molecule has 2 nitrogen and oxygen atoms in total. The molecular weight excluding hydrogens is 222 g/mol. The third kappa shape index (κ3) is 2.93. The molecule has 1 aliphatic heterocycles. The molecule has 2 fully saturated rings. The van der Waals surface area contributed by atoms with E-state index in [0.29, 0.717) is 12.1 Å². The van der Waals surface area contributed by atoms with E-state index in [1.54, 1.807) is 0 Å². The van der Waals surface area contributed by atoms with Gasteiger partial charge in [0.05, 0.1) is 0 Å². The maximum Gasteiger partial charge on any atom is 0.0480 e. The van der Waals surface area contributed by atoms with E-state index in [-0.39, 0.29) is 0 Å². The predicted molar refractivity (Wildman–Crippen MR) is 73.6 cm³/mol. The van der Waals surface area contributed by atoms with Crippen LogP contribution in [0.3, 0.4) is 0 Å². The minimum atomic E-state index is 0.564. The summed E-state index contributed by atoms with van der Waals surface area (Å²) in [6.07, 6.45) is 5.09. The molecule has 0 amide bonds. The summed E-state index contributed by atoms with van der Waals surface area (Å²) in [7, 11) is 0. The minimum absolute atomic E-state index is 0.564. The number of nitrogens with one attached hydrogen (secondary N) is 1. The third-order valence-corrected chi connectivity index (χ3v) is 4.17. The number of ether oxygens (including phenoxy) is 1. The highest BCUT2D eigenvalue weighted by Crippen LogP contribution is 2.41. The van der Waals surface area contributed by atoms with Crippen LogP contribution in [0, 0.1) is 12.8 Å². The Balaban J connectivity index is 1.69. The molecule has 0 spiro atoms. The van der Waals surface area contributed by atoms with Crippen LogP contribution in [-0.4, -0.2) is 19.3 Å². The van der Waals surface area contributed by atoms with E-state index >= 15 is 0 Å². The average Bonchev–Trinajstić information content (AvgIpc) is 3.23. The predicted octanol–water partition coefficient (Wildman–Crippen LogP) is 3.21. The molecule has 98 valence electrons. The van der Waals surface area contributed by atoms with Crippen molar-refractivity contribution in [3.8, 4) is 0 Å². The van der Waals surface area contributed by atoms with Gasteiger partial charge in [-0.1, -0.05) is 29.8 Å². The van der Waals surface area contributed by atoms with E-state index in [0.717, 1.165) is 32.0 Å². The summed E-state index contributed by atoms with van der Waals surface area (Å²) < 4.78 is 5.44. The molecule has 0 radical (unpaired) electrons. The van der Waals surface area contributed by atoms with Crippen LogP contribution < -0.4 is 5.32 Å². The number of benzene rings is 1. The van der Waals surface area contributed by atoms with Gasteiger partial charge < -0.3 is 10.1 Å². The van der Waals surface area contributed by atoms with Crippen molar-refractivity contribution in [1.82, 2.24) is 5.32 Å². The molecule has 2 heteroatoms. The minimum Gasteiger partial charge on any atom is -0.381 e. The fourth-order valence-electron chi connectivity index (χ4n) is 2.83. The van der Waals surface area contributed by atoms with Crippen LogP contribution in [0.4, 0.5) is 0 Å². The van der Waals surface area contributed by atoms with Crippen molar-refractivity contribution in [2.75, 3.05) is 13.2 Å². The Bertz CT molecular complexity index is 377. The zero-order valence-corrected chi connectivity index (χ0v) is 11.2. The maximum atomic E-state index is 5.44. The van der Waals surface area contributed by atoms with Gasteiger partial charge in [-0.25, -0.2) is 0 Å². The van der Waals surface area contributed by atoms with Gasteiger partial charge in [0.25, 0.3) is 0 Å². The zero-order valence-electron chi connectivity index (χ0n) is 11.2. The Labute approximate surface area is 110 Å². The van der Waals surface area contributed by atoms with E-state index in [9.17, 15) is 0 Å². The molecule has 2 aliphatic rings. The normalized spacial score (nSPS) is 22.9. The summed E-state index contributed by atoms with van der Waals surface area (Å²) in [4.78, 5) is 0. The lowest BCUT2D eigenvalue weighted by Gasteiger charge is -2.29. The lowest BCUT2D eigenvalue weighted by Crippen LogP contribution is -2.38. The Morgan fingerprint density at radius 2 is 1.72 bits per heavy atom. The SMILES string of the molecule is Cc1ccc(C(NC2CCOCC2)C2CC2)cc1. The van der Waals surface area contributed by atoms with Gasteiger partial charge in [-0.05, 0) is 44.1 Å². The lowest BCUT2D eigenvalue weighted by atomic mass is 9.98. The second-order valence-electron chi connectivity index (χ2n) is 5.78. The van der Waals surface area contributed by atoms with Gasteiger partial charge in [-0.3, -0.25) is 0 Å². The number of rotatable bonds is 4. The first-order chi connectivity index (χ1) is 8.83. The first kappa shape index (κ1) is 12.2. The molecule has 18 heavy (non-hydrogen) atoms. The second kappa shape index (κ2) is 5.41. The standard InChI is InChI=1S/C16H23NO/c1-12-2-4-13(5-3-12)16(14-6-7-14)17-15-8-10-18-11-9-15/h2-5,14-17H,6-11H2,1H3. The number of hydrogen-bond donors (Lipinski definition) is 1. The molecular formula is C16H23NO. The van der Waals surface area contributed by atoms with E-state index < -0.39 is 0 Å². The summed E-state index contributed by atoms with van der Waals surface area (Å²) in [5.41, 5.74) is 2.81. The highest BCUT2D eigenvalue weighted by atomic mass is 16.5. The summed E-state index contributed by atoms with van der Waals surface area (Å²) in [6.45, 7) is 3.99. The van der Waals surface area contributed by atoms with Crippen molar-refractivity contribution in [3.63, 3.8) is 0 Å². The van der Waals surface area contributed by atoms with Gasteiger partial charge in [0.2, 0.25) is 0 Å². The van der Waals surface area contributed by atoms with Crippen molar-refractivity contribution in [2.24, 2.45) is 5.92 Å². The molecule has 0 bridgehead atoms. The molecule has 1 aromatic carbocycles. The van der Waals surface area contributed by atoms with Gasteiger partial charge in [-0.15, -0.1) is 0 Å². The zero-order chi connectivity index (χ0) is 12.4. The van der Waals surface area contributed by atoms with Gasteiger partial charge in [0.15, 0.2) is 0 Å². The Kier molecular flexibility index (Phi) is 3.67. The molecule has 3 rings (SSSR count). The molecule has 1 saturated carbocycles. The lowest BCUT2D eigenvalue weighted by molar-refractivity contribution is 0.0739. The smallest absolute Gasteiger partial charge is 0.0480 e. The van der Waals surface area contributed by atoms with Crippen molar-refractivity contribution in [3.05, 3.63) is 35.4 Å². The highest BCUT2D eigenvalue weighted by Gasteiger charge is 2.33. The molecule has 1 heterocycles. The molecule has 1 saturated heterocycles. The van der Waals surface area contributed by atoms with Gasteiger partial charge in [-0.2, -0.15) is 0 Å². The number of hydrogen-bond acceptors (Lipinski definition) is 2. The van der Waals surface area contributed by atoms with Crippen LogP contribution >= 0.6 is 0 Å². The van der Waals surface area contributed by atoms with E-state index in [4.69, 9.17) is 4.74 Å². The summed E-state index contributed by atoms with van der Waals surface area (Å²) in [6, 6.07) is 10.3. The Morgan fingerprint density at radius 3 is 2.33 bits per heavy atom. The molecule has 1 atom stereocenters. The summed E-state index contributed by atoms with van der Waals surface area (Å²) in [5, 5.41) is 3.87. The molecule has 1 aromatic rings. The molecule has 0 aromatic heterocycles. The molecule has 1 N–H and O–H groups in total. The van der Waals surface area contributed by atoms with Crippen molar-refractivity contribution in [1.29, 1.82) is 0 Å². The van der Waals surface area contributed by atoms with Crippen molar-refractivity contribution in [2.45, 2.75) is 44.7 Å². The molecule has 1 aliphatic carbocycles. The van der Waals surface area contributed by atoms with E-state index in [1.807, 2.05) is 0 Å². The fourth-order valence-corrected chi connectivity index (χ4v) is 2.83. The summed E-state index contributed by atoms with van der Waals surface area (Å²) in [5.74, 6) is 0.857. The average molecular weight is 245 g/mol. The van der Waals surface area contributed by atoms with Crippen LogP contribution in [-0.2, 0) is 4.74 Å².